The monoisotopic (exact) mass is 673 g/mol. The standard InChI is InChI=1S/C32H36ClN3O9S/c1-18(37)44-17-32(2,3)16-36-23-11-10-19(33)12-22(23)28(21-8-7-9-24(41-4)29(21)43-6)45-25(30(36)40)14-26(38)35-31-34-20(15-46-31)13-27(39)42-5/h7-12,15,25,28H,13-14,16-17H2,1-6H3,(H,34,35,38)/t25-,28-/m1/s1. The van der Waals surface area contributed by atoms with Gasteiger partial charge in [0, 0.05) is 46.1 Å². The molecule has 3 aromatic rings. The molecule has 2 heterocycles. The van der Waals surface area contributed by atoms with Crippen molar-refractivity contribution in [3.05, 3.63) is 63.6 Å². The van der Waals surface area contributed by atoms with Crippen LogP contribution < -0.4 is 19.7 Å². The molecule has 1 aromatic heterocycles. The normalized spacial score (nSPS) is 16.2. The number of nitrogens with zero attached hydrogens (tertiary/aromatic N) is 2. The molecule has 0 bridgehead atoms. The number of benzene rings is 2. The maximum absolute atomic E-state index is 14.4. The summed E-state index contributed by atoms with van der Waals surface area (Å²) in [5, 5.41) is 5.00. The summed E-state index contributed by atoms with van der Waals surface area (Å²) in [7, 11) is 4.29. The van der Waals surface area contributed by atoms with Gasteiger partial charge in [-0.3, -0.25) is 19.2 Å². The molecule has 0 unspecified atom stereocenters. The molecule has 1 aliphatic rings. The van der Waals surface area contributed by atoms with E-state index in [0.717, 1.165) is 11.3 Å². The van der Waals surface area contributed by atoms with E-state index in [2.05, 4.69) is 15.0 Å². The Morgan fingerprint density at radius 2 is 1.87 bits per heavy atom. The minimum Gasteiger partial charge on any atom is -0.493 e. The number of amides is 2. The van der Waals surface area contributed by atoms with Crippen LogP contribution in [0.25, 0.3) is 0 Å². The summed E-state index contributed by atoms with van der Waals surface area (Å²) in [6.07, 6.45) is -2.59. The third-order valence-electron chi connectivity index (χ3n) is 7.09. The predicted molar refractivity (Wildman–Crippen MR) is 172 cm³/mol. The van der Waals surface area contributed by atoms with E-state index in [-0.39, 0.29) is 31.1 Å². The number of hydrogen-bond donors (Lipinski definition) is 1. The summed E-state index contributed by atoms with van der Waals surface area (Å²) < 4.78 is 27.8. The second-order valence-electron chi connectivity index (χ2n) is 11.3. The van der Waals surface area contributed by atoms with Gasteiger partial charge in [0.05, 0.1) is 46.5 Å². The van der Waals surface area contributed by atoms with Gasteiger partial charge in [0.15, 0.2) is 16.6 Å². The third kappa shape index (κ3) is 8.33. The molecule has 4 rings (SSSR count). The Bertz CT molecular complexity index is 1610. The van der Waals surface area contributed by atoms with Crippen LogP contribution in [0.4, 0.5) is 10.8 Å². The van der Waals surface area contributed by atoms with Gasteiger partial charge in [-0.15, -0.1) is 11.3 Å². The zero-order valence-corrected chi connectivity index (χ0v) is 28.0. The van der Waals surface area contributed by atoms with Crippen LogP contribution in [0.5, 0.6) is 11.5 Å². The smallest absolute Gasteiger partial charge is 0.311 e. The average Bonchev–Trinajstić information content (AvgIpc) is 3.42. The molecule has 1 N–H and O–H groups in total. The number of hydrogen-bond acceptors (Lipinski definition) is 11. The molecule has 1 aliphatic heterocycles. The molecule has 2 amide bonds. The minimum absolute atomic E-state index is 0.0456. The summed E-state index contributed by atoms with van der Waals surface area (Å²) in [6, 6.07) is 10.4. The Morgan fingerprint density at radius 3 is 2.54 bits per heavy atom. The number of fused-ring (bicyclic) bond motifs is 1. The molecular formula is C32H36ClN3O9S. The van der Waals surface area contributed by atoms with Gasteiger partial charge in [0.1, 0.15) is 12.2 Å². The third-order valence-corrected chi connectivity index (χ3v) is 8.14. The lowest BCUT2D eigenvalue weighted by Gasteiger charge is -2.33. The molecule has 246 valence electrons. The Kier molecular flexibility index (Phi) is 11.3. The Hall–Kier alpha value is -4.20. The van der Waals surface area contributed by atoms with E-state index in [1.54, 1.807) is 41.8 Å². The van der Waals surface area contributed by atoms with E-state index in [1.807, 2.05) is 13.8 Å². The fourth-order valence-electron chi connectivity index (χ4n) is 5.00. The first-order valence-corrected chi connectivity index (χ1v) is 15.5. The minimum atomic E-state index is -1.27. The zero-order chi connectivity index (χ0) is 33.6. The van der Waals surface area contributed by atoms with Crippen molar-refractivity contribution in [1.29, 1.82) is 0 Å². The molecule has 2 aromatic carbocycles. The Balaban J connectivity index is 1.75. The van der Waals surface area contributed by atoms with Gasteiger partial charge in [-0.2, -0.15) is 0 Å². The number of aromatic nitrogens is 1. The summed E-state index contributed by atoms with van der Waals surface area (Å²) in [6.45, 7) is 5.22. The van der Waals surface area contributed by atoms with Crippen molar-refractivity contribution in [2.24, 2.45) is 5.41 Å². The molecule has 0 saturated carbocycles. The molecule has 14 heteroatoms. The zero-order valence-electron chi connectivity index (χ0n) is 26.4. The van der Waals surface area contributed by atoms with Gasteiger partial charge >= 0.3 is 11.9 Å². The highest BCUT2D eigenvalue weighted by atomic mass is 35.5. The summed E-state index contributed by atoms with van der Waals surface area (Å²) >= 11 is 7.64. The number of ether oxygens (including phenoxy) is 5. The van der Waals surface area contributed by atoms with Crippen LogP contribution in [0.2, 0.25) is 5.02 Å². The second-order valence-corrected chi connectivity index (χ2v) is 12.6. The number of thiazole rings is 1. The first-order valence-electron chi connectivity index (χ1n) is 14.3. The maximum Gasteiger partial charge on any atom is 0.311 e. The van der Waals surface area contributed by atoms with Crippen molar-refractivity contribution in [2.75, 3.05) is 44.7 Å². The molecule has 0 saturated heterocycles. The lowest BCUT2D eigenvalue weighted by Crippen LogP contribution is -2.46. The molecule has 2 atom stereocenters. The Morgan fingerprint density at radius 1 is 1.11 bits per heavy atom. The van der Waals surface area contributed by atoms with Crippen LogP contribution in [0, 0.1) is 5.41 Å². The summed E-state index contributed by atoms with van der Waals surface area (Å²) in [5.74, 6) is -1.08. The van der Waals surface area contributed by atoms with Crippen molar-refractivity contribution in [2.45, 2.75) is 45.8 Å². The maximum atomic E-state index is 14.4. The number of para-hydroxylation sites is 1. The highest BCUT2D eigenvalue weighted by Gasteiger charge is 2.41. The number of rotatable bonds is 12. The molecule has 0 spiro atoms. The number of carbonyl (C=O) groups is 4. The lowest BCUT2D eigenvalue weighted by atomic mass is 9.92. The van der Waals surface area contributed by atoms with Gasteiger partial charge in [-0.25, -0.2) is 4.98 Å². The van der Waals surface area contributed by atoms with Crippen LogP contribution in [0.1, 0.15) is 50.1 Å². The van der Waals surface area contributed by atoms with Crippen molar-refractivity contribution in [3.63, 3.8) is 0 Å². The average molecular weight is 674 g/mol. The largest absolute Gasteiger partial charge is 0.493 e. The molecule has 46 heavy (non-hydrogen) atoms. The van der Waals surface area contributed by atoms with Crippen molar-refractivity contribution in [3.8, 4) is 11.5 Å². The van der Waals surface area contributed by atoms with Crippen molar-refractivity contribution in [1.82, 2.24) is 4.98 Å². The lowest BCUT2D eigenvalue weighted by molar-refractivity contribution is -0.144. The van der Waals surface area contributed by atoms with Crippen LogP contribution in [-0.4, -0.2) is 69.3 Å². The molecule has 0 radical (unpaired) electrons. The van der Waals surface area contributed by atoms with Gasteiger partial charge in [0.25, 0.3) is 5.91 Å². The Labute approximate surface area is 275 Å². The van der Waals surface area contributed by atoms with E-state index >= 15 is 0 Å². The van der Waals surface area contributed by atoms with E-state index in [4.69, 9.17) is 30.5 Å². The second kappa shape index (κ2) is 14.9. The molecule has 0 fully saturated rings. The quantitative estimate of drug-likeness (QED) is 0.262. The van der Waals surface area contributed by atoms with Gasteiger partial charge in [-0.1, -0.05) is 37.6 Å². The number of anilines is 2. The topological polar surface area (TPSA) is 143 Å². The van der Waals surface area contributed by atoms with Crippen LogP contribution in [0.3, 0.4) is 0 Å². The fourth-order valence-corrected chi connectivity index (χ4v) is 5.91. The van der Waals surface area contributed by atoms with E-state index in [1.165, 1.54) is 33.2 Å². The first kappa shape index (κ1) is 34.7. The fraction of sp³-hybridized carbons (Fsp3) is 0.406. The first-order chi connectivity index (χ1) is 21.8. The summed E-state index contributed by atoms with van der Waals surface area (Å²) in [4.78, 5) is 56.8. The van der Waals surface area contributed by atoms with E-state index in [0.29, 0.717) is 39.0 Å². The van der Waals surface area contributed by atoms with Gasteiger partial charge in [0.2, 0.25) is 5.91 Å². The van der Waals surface area contributed by atoms with Crippen LogP contribution in [0.15, 0.2) is 41.8 Å². The number of nitrogens with one attached hydrogen (secondary N) is 1. The number of carbonyl (C=O) groups excluding carboxylic acids is 4. The predicted octanol–water partition coefficient (Wildman–Crippen LogP) is 4.97. The molecule has 12 nitrogen and oxygen atoms in total. The van der Waals surface area contributed by atoms with Gasteiger partial charge in [-0.05, 0) is 24.3 Å². The number of esters is 2. The molecule has 0 aliphatic carbocycles. The van der Waals surface area contributed by atoms with E-state index < -0.39 is 41.4 Å². The SMILES string of the molecule is COC(=O)Cc1csc(NC(=O)C[C@H]2O[C@H](c3cccc(OC)c3OC)c3cc(Cl)ccc3N(CC(C)(C)COC(C)=O)C2=O)n1. The van der Waals surface area contributed by atoms with Crippen LogP contribution in [-0.2, 0) is 39.8 Å². The highest BCUT2D eigenvalue weighted by molar-refractivity contribution is 7.13. The van der Waals surface area contributed by atoms with Crippen molar-refractivity contribution >= 4 is 57.5 Å². The molecular weight excluding hydrogens is 638 g/mol. The van der Waals surface area contributed by atoms with Crippen molar-refractivity contribution < 1.29 is 42.9 Å². The summed E-state index contributed by atoms with van der Waals surface area (Å²) in [5.41, 5.74) is 1.38. The number of halogens is 1. The number of methoxy groups -OCH3 is 3. The van der Waals surface area contributed by atoms with E-state index in [9.17, 15) is 19.2 Å². The van der Waals surface area contributed by atoms with Gasteiger partial charge < -0.3 is 33.9 Å². The highest BCUT2D eigenvalue weighted by Crippen LogP contribution is 2.45. The van der Waals surface area contributed by atoms with Crippen LogP contribution >= 0.6 is 22.9 Å².